The Morgan fingerprint density at radius 1 is 0.423 bits per heavy atom. The van der Waals surface area contributed by atoms with Crippen LogP contribution in [0.2, 0.25) is 0 Å². The minimum Gasteiger partial charge on any atom is -0.458 e. The summed E-state index contributed by atoms with van der Waals surface area (Å²) in [5, 5.41) is 7.67. The van der Waals surface area contributed by atoms with Crippen LogP contribution in [0.4, 0.5) is 0 Å². The third-order valence-electron chi connectivity index (χ3n) is 10.6. The average molecular weight is 700 g/mol. The van der Waals surface area contributed by atoms with E-state index in [0.29, 0.717) is 0 Å². The van der Waals surface area contributed by atoms with E-state index in [2.05, 4.69) is 193 Å². The summed E-state index contributed by atoms with van der Waals surface area (Å²) in [4.78, 5) is 0.968. The van der Waals surface area contributed by atoms with Crippen LogP contribution in [0.1, 0.15) is 0 Å². The molecule has 1 aliphatic rings. The lowest BCUT2D eigenvalue weighted by molar-refractivity contribution is 0.487. The molecule has 0 saturated carbocycles. The van der Waals surface area contributed by atoms with Crippen molar-refractivity contribution in [2.45, 2.75) is 4.90 Å². The highest BCUT2D eigenvalue weighted by Crippen LogP contribution is 2.34. The maximum atomic E-state index is 6.63. The van der Waals surface area contributed by atoms with Gasteiger partial charge >= 0.3 is 0 Å². The average Bonchev–Trinajstić information content (AvgIpc) is 3.55. The van der Waals surface area contributed by atoms with Crippen LogP contribution in [0.5, 0.6) is 11.5 Å². The van der Waals surface area contributed by atoms with Crippen molar-refractivity contribution in [2.75, 3.05) is 0 Å². The van der Waals surface area contributed by atoms with Crippen LogP contribution in [-0.2, 0) is 0 Å². The van der Waals surface area contributed by atoms with Gasteiger partial charge in [0.15, 0.2) is 8.07 Å². The van der Waals surface area contributed by atoms with Crippen LogP contribution < -0.4 is 25.5 Å². The number of fused-ring (bicyclic) bond motifs is 5. The summed E-state index contributed by atoms with van der Waals surface area (Å²) in [6.07, 6.45) is 0. The van der Waals surface area contributed by atoms with E-state index in [4.69, 9.17) is 17.4 Å². The van der Waals surface area contributed by atoms with E-state index < -0.39 is 8.07 Å². The molecule has 0 atom stereocenters. The number of ether oxygens (including phenoxy) is 1. The van der Waals surface area contributed by atoms with Crippen molar-refractivity contribution in [1.29, 1.82) is 0 Å². The molecule has 0 fully saturated rings. The number of thiol groups is 1. The maximum absolute atomic E-state index is 6.63. The van der Waals surface area contributed by atoms with Gasteiger partial charge in [0.2, 0.25) is 0 Å². The molecule has 2 nitrogen and oxygen atoms in total. The standard InChI is InChI=1S/C48H33NOSSi/c51-46-24-8-3-17-39(46)35-14-12-16-38(32-35)52(47-25-9-6-22-44(47)50-45-23-7-10-26-48(45)52)37-29-27-33(28-30-37)34-13-11-15-36(31-34)49-42-20-4-1-18-40(42)41-19-2-5-21-43(41)49/h1-32,51H. The molecule has 246 valence electrons. The van der Waals surface area contributed by atoms with Crippen LogP contribution in [-0.4, -0.2) is 12.6 Å². The molecule has 0 amide bonds. The third-order valence-corrected chi connectivity index (χ3v) is 15.9. The zero-order valence-corrected chi connectivity index (χ0v) is 30.2. The number of para-hydroxylation sites is 4. The monoisotopic (exact) mass is 699 g/mol. The summed E-state index contributed by atoms with van der Waals surface area (Å²) in [6, 6.07) is 70.3. The lowest BCUT2D eigenvalue weighted by atomic mass is 10.1. The van der Waals surface area contributed by atoms with Gasteiger partial charge in [-0.15, -0.1) is 12.6 Å². The Balaban J connectivity index is 1.16. The van der Waals surface area contributed by atoms with Gasteiger partial charge in [-0.1, -0.05) is 152 Å². The van der Waals surface area contributed by atoms with Gasteiger partial charge in [0.1, 0.15) is 11.5 Å². The van der Waals surface area contributed by atoms with Crippen molar-refractivity contribution in [3.63, 3.8) is 0 Å². The minimum absolute atomic E-state index is 0.927. The second-order valence-electron chi connectivity index (χ2n) is 13.4. The molecule has 0 unspecified atom stereocenters. The fourth-order valence-corrected chi connectivity index (χ4v) is 13.6. The van der Waals surface area contributed by atoms with E-state index in [1.807, 2.05) is 6.07 Å². The van der Waals surface area contributed by atoms with Gasteiger partial charge in [0, 0.05) is 21.4 Å². The Labute approximate surface area is 309 Å². The van der Waals surface area contributed by atoms with E-state index in [0.717, 1.165) is 33.2 Å². The van der Waals surface area contributed by atoms with Gasteiger partial charge in [0.25, 0.3) is 0 Å². The molecular formula is C48H33NOSSi. The summed E-state index contributed by atoms with van der Waals surface area (Å²) in [7, 11) is -2.85. The number of nitrogens with zero attached hydrogens (tertiary/aromatic N) is 1. The van der Waals surface area contributed by atoms with Crippen LogP contribution in [0.3, 0.4) is 0 Å². The molecular weight excluding hydrogens is 667 g/mol. The van der Waals surface area contributed by atoms with Crippen molar-refractivity contribution < 1.29 is 4.74 Å². The smallest absolute Gasteiger partial charge is 0.188 e. The first-order chi connectivity index (χ1) is 25.7. The van der Waals surface area contributed by atoms with E-state index in [1.54, 1.807) is 0 Å². The molecule has 4 heteroatoms. The van der Waals surface area contributed by atoms with Gasteiger partial charge in [-0.3, -0.25) is 0 Å². The molecule has 52 heavy (non-hydrogen) atoms. The Bertz CT molecular complexity index is 2700. The highest BCUT2D eigenvalue weighted by atomic mass is 32.1. The fourth-order valence-electron chi connectivity index (χ4n) is 8.36. The predicted octanol–water partition coefficient (Wildman–Crippen LogP) is 9.89. The highest BCUT2D eigenvalue weighted by Gasteiger charge is 2.48. The van der Waals surface area contributed by atoms with Crippen LogP contribution in [0.15, 0.2) is 199 Å². The molecule has 2 heterocycles. The number of hydrogen-bond donors (Lipinski definition) is 1. The maximum Gasteiger partial charge on any atom is 0.188 e. The lowest BCUT2D eigenvalue weighted by Crippen LogP contribution is -2.76. The van der Waals surface area contributed by atoms with E-state index in [1.165, 1.54) is 53.7 Å². The minimum atomic E-state index is -2.85. The van der Waals surface area contributed by atoms with Crippen molar-refractivity contribution >= 4 is 63.3 Å². The first-order valence-electron chi connectivity index (χ1n) is 17.7. The van der Waals surface area contributed by atoms with Crippen molar-refractivity contribution in [1.82, 2.24) is 4.57 Å². The first kappa shape index (κ1) is 30.7. The summed E-state index contributed by atoms with van der Waals surface area (Å²) < 4.78 is 9.02. The van der Waals surface area contributed by atoms with Gasteiger partial charge in [-0.25, -0.2) is 0 Å². The Kier molecular flexibility index (Phi) is 7.27. The van der Waals surface area contributed by atoms with E-state index in [9.17, 15) is 0 Å². The largest absolute Gasteiger partial charge is 0.458 e. The molecule has 0 spiro atoms. The Hall–Kier alpha value is -6.07. The molecule has 9 aromatic rings. The topological polar surface area (TPSA) is 14.2 Å². The summed E-state index contributed by atoms with van der Waals surface area (Å²) in [5.74, 6) is 1.85. The van der Waals surface area contributed by atoms with Gasteiger partial charge in [-0.05, 0) is 85.5 Å². The quantitative estimate of drug-likeness (QED) is 0.140. The third kappa shape index (κ3) is 4.72. The number of hydrogen-bond acceptors (Lipinski definition) is 2. The molecule has 0 saturated heterocycles. The summed E-state index contributed by atoms with van der Waals surface area (Å²) in [6.45, 7) is 0. The van der Waals surface area contributed by atoms with Crippen LogP contribution >= 0.6 is 12.6 Å². The molecule has 0 N–H and O–H groups in total. The molecule has 8 aromatic carbocycles. The van der Waals surface area contributed by atoms with E-state index in [-0.39, 0.29) is 0 Å². The first-order valence-corrected chi connectivity index (χ1v) is 20.1. The van der Waals surface area contributed by atoms with Crippen LogP contribution in [0.25, 0.3) is 49.7 Å². The Morgan fingerprint density at radius 3 is 1.69 bits per heavy atom. The number of aromatic nitrogens is 1. The SMILES string of the molecule is Sc1ccccc1-c1cccc([Si]2(c3ccc(-c4cccc(-n5c6ccccc6c6ccccc65)c4)cc3)c3ccccc3Oc3ccccc32)c1. The van der Waals surface area contributed by atoms with Gasteiger partial charge in [0.05, 0.1) is 11.0 Å². The van der Waals surface area contributed by atoms with Gasteiger partial charge in [-0.2, -0.15) is 0 Å². The fraction of sp³-hybridized carbons (Fsp3) is 0. The van der Waals surface area contributed by atoms with Crippen molar-refractivity contribution in [3.8, 4) is 39.4 Å². The zero-order chi connectivity index (χ0) is 34.6. The molecule has 0 bridgehead atoms. The molecule has 1 aromatic heterocycles. The van der Waals surface area contributed by atoms with E-state index >= 15 is 0 Å². The molecule has 0 aliphatic carbocycles. The molecule has 0 radical (unpaired) electrons. The van der Waals surface area contributed by atoms with Crippen molar-refractivity contribution in [3.05, 3.63) is 194 Å². The predicted molar refractivity (Wildman–Crippen MR) is 223 cm³/mol. The second kappa shape index (κ2) is 12.3. The normalized spacial score (nSPS) is 13.0. The zero-order valence-electron chi connectivity index (χ0n) is 28.3. The van der Waals surface area contributed by atoms with Crippen molar-refractivity contribution in [2.24, 2.45) is 0 Å². The molecule has 1 aliphatic heterocycles. The lowest BCUT2D eigenvalue weighted by Gasteiger charge is -2.39. The number of benzene rings is 8. The number of rotatable bonds is 5. The molecule has 10 rings (SSSR count). The summed E-state index contributed by atoms with van der Waals surface area (Å²) in [5.41, 5.74) is 8.23. The summed E-state index contributed by atoms with van der Waals surface area (Å²) >= 11 is 4.85. The second-order valence-corrected chi connectivity index (χ2v) is 17.7. The van der Waals surface area contributed by atoms with Crippen LogP contribution in [0, 0.1) is 0 Å². The van der Waals surface area contributed by atoms with Gasteiger partial charge < -0.3 is 9.30 Å². The Morgan fingerprint density at radius 2 is 1.00 bits per heavy atom. The highest BCUT2D eigenvalue weighted by molar-refractivity contribution is 7.80.